The SMILES string of the molecule is Cl.NC(N)=NCCC[C@H](N)C(=O)NCC(=O)O. The number of halogens is 1. The second-order valence-electron chi connectivity index (χ2n) is 3.17. The van der Waals surface area contributed by atoms with Gasteiger partial charge >= 0.3 is 5.97 Å². The van der Waals surface area contributed by atoms with Crippen LogP contribution in [0.5, 0.6) is 0 Å². The summed E-state index contributed by atoms with van der Waals surface area (Å²) in [4.78, 5) is 25.1. The molecule has 0 heterocycles. The molecule has 0 aromatic rings. The van der Waals surface area contributed by atoms with Crippen molar-refractivity contribution >= 4 is 30.2 Å². The number of carbonyl (C=O) groups excluding carboxylic acids is 1. The van der Waals surface area contributed by atoms with Crippen LogP contribution in [-0.2, 0) is 9.59 Å². The lowest BCUT2D eigenvalue weighted by atomic mass is 10.1. The maximum absolute atomic E-state index is 11.2. The molecule has 0 saturated heterocycles. The largest absolute Gasteiger partial charge is 0.480 e. The minimum atomic E-state index is -1.11. The molecule has 0 aromatic carbocycles. The van der Waals surface area contributed by atoms with Crippen molar-refractivity contribution in [2.24, 2.45) is 22.2 Å². The van der Waals surface area contributed by atoms with E-state index in [1.807, 2.05) is 0 Å². The fraction of sp³-hybridized carbons (Fsp3) is 0.625. The van der Waals surface area contributed by atoms with Gasteiger partial charge in [0.05, 0.1) is 6.04 Å². The van der Waals surface area contributed by atoms with Gasteiger partial charge in [-0.25, -0.2) is 0 Å². The van der Waals surface area contributed by atoms with Gasteiger partial charge in [-0.2, -0.15) is 0 Å². The Morgan fingerprint density at radius 2 is 1.94 bits per heavy atom. The Morgan fingerprint density at radius 1 is 1.35 bits per heavy atom. The number of aliphatic carboxylic acids is 1. The van der Waals surface area contributed by atoms with Crippen LogP contribution >= 0.6 is 12.4 Å². The van der Waals surface area contributed by atoms with E-state index >= 15 is 0 Å². The Hall–Kier alpha value is -1.54. The zero-order valence-electron chi connectivity index (χ0n) is 9.26. The van der Waals surface area contributed by atoms with Gasteiger partial charge in [0.25, 0.3) is 0 Å². The van der Waals surface area contributed by atoms with Crippen LogP contribution in [0.25, 0.3) is 0 Å². The third-order valence-corrected chi connectivity index (χ3v) is 1.72. The molecule has 0 fully saturated rings. The number of amides is 1. The van der Waals surface area contributed by atoms with Gasteiger partial charge in [-0.15, -0.1) is 12.4 Å². The van der Waals surface area contributed by atoms with Crippen LogP contribution in [0.3, 0.4) is 0 Å². The summed E-state index contributed by atoms with van der Waals surface area (Å²) in [5.74, 6) is -1.61. The average Bonchev–Trinajstić information content (AvgIpc) is 2.20. The molecule has 0 saturated carbocycles. The van der Waals surface area contributed by atoms with Crippen LogP contribution in [0, 0.1) is 0 Å². The standard InChI is InChI=1S/C8H17N5O3.ClH/c9-5(2-1-3-12-8(10)11)7(16)13-4-6(14)15;/h5H,1-4,9H2,(H,13,16)(H,14,15)(H4,10,11,12);1H/t5-;/m0./s1. The summed E-state index contributed by atoms with van der Waals surface area (Å²) in [5.41, 5.74) is 15.7. The fourth-order valence-corrected chi connectivity index (χ4v) is 0.944. The lowest BCUT2D eigenvalue weighted by Crippen LogP contribution is -2.42. The first-order chi connectivity index (χ1) is 7.43. The van der Waals surface area contributed by atoms with Crippen molar-refractivity contribution in [2.75, 3.05) is 13.1 Å². The number of carbonyl (C=O) groups is 2. The van der Waals surface area contributed by atoms with Gasteiger partial charge in [-0.3, -0.25) is 14.6 Å². The molecule has 8 N–H and O–H groups in total. The smallest absolute Gasteiger partial charge is 0.322 e. The molecule has 0 spiro atoms. The third-order valence-electron chi connectivity index (χ3n) is 1.72. The molecule has 1 atom stereocenters. The Kier molecular flexibility index (Phi) is 10.1. The maximum atomic E-state index is 11.2. The number of carboxylic acids is 1. The first kappa shape index (κ1) is 17.8. The summed E-state index contributed by atoms with van der Waals surface area (Å²) in [7, 11) is 0. The van der Waals surface area contributed by atoms with Crippen LogP contribution in [0.2, 0.25) is 0 Å². The van der Waals surface area contributed by atoms with Crippen LogP contribution in [0.1, 0.15) is 12.8 Å². The van der Waals surface area contributed by atoms with Crippen molar-refractivity contribution in [3.05, 3.63) is 0 Å². The van der Waals surface area contributed by atoms with Crippen molar-refractivity contribution in [1.29, 1.82) is 0 Å². The number of hydrogen-bond acceptors (Lipinski definition) is 4. The van der Waals surface area contributed by atoms with Gasteiger partial charge in [0.1, 0.15) is 6.54 Å². The maximum Gasteiger partial charge on any atom is 0.322 e. The Labute approximate surface area is 105 Å². The molecule has 1 amide bonds. The van der Waals surface area contributed by atoms with E-state index in [2.05, 4.69) is 10.3 Å². The second-order valence-corrected chi connectivity index (χ2v) is 3.17. The zero-order valence-corrected chi connectivity index (χ0v) is 10.1. The van der Waals surface area contributed by atoms with E-state index in [-0.39, 0.29) is 18.4 Å². The number of nitrogens with two attached hydrogens (primary N) is 3. The number of nitrogens with zero attached hydrogens (tertiary/aromatic N) is 1. The number of rotatable bonds is 7. The molecular weight excluding hydrogens is 250 g/mol. The minimum Gasteiger partial charge on any atom is -0.480 e. The van der Waals surface area contributed by atoms with Crippen LogP contribution in [-0.4, -0.2) is 42.1 Å². The first-order valence-electron chi connectivity index (χ1n) is 4.74. The molecule has 9 heteroatoms. The molecule has 100 valence electrons. The lowest BCUT2D eigenvalue weighted by Gasteiger charge is -2.09. The molecule has 0 aliphatic carbocycles. The zero-order chi connectivity index (χ0) is 12.6. The number of hydrogen-bond donors (Lipinski definition) is 5. The first-order valence-corrected chi connectivity index (χ1v) is 4.74. The molecule has 0 rings (SSSR count). The molecular formula is C8H18ClN5O3. The highest BCUT2D eigenvalue weighted by atomic mass is 35.5. The van der Waals surface area contributed by atoms with Crippen molar-refractivity contribution in [3.8, 4) is 0 Å². The Morgan fingerprint density at radius 3 is 2.41 bits per heavy atom. The molecule has 0 unspecified atom stereocenters. The van der Waals surface area contributed by atoms with Crippen molar-refractivity contribution in [2.45, 2.75) is 18.9 Å². The van der Waals surface area contributed by atoms with Crippen LogP contribution in [0.15, 0.2) is 4.99 Å². The van der Waals surface area contributed by atoms with Crippen molar-refractivity contribution in [1.82, 2.24) is 5.32 Å². The summed E-state index contributed by atoms with van der Waals surface area (Å²) >= 11 is 0. The Balaban J connectivity index is 0. The highest BCUT2D eigenvalue weighted by Crippen LogP contribution is 1.95. The number of nitrogens with one attached hydrogen (secondary N) is 1. The molecule has 0 bridgehead atoms. The van der Waals surface area contributed by atoms with Gasteiger partial charge < -0.3 is 27.6 Å². The number of carboxylic acid groups (broad SMARTS) is 1. The van der Waals surface area contributed by atoms with Crippen LogP contribution < -0.4 is 22.5 Å². The Bertz CT molecular complexity index is 280. The molecule has 17 heavy (non-hydrogen) atoms. The minimum absolute atomic E-state index is 0. The van der Waals surface area contributed by atoms with Gasteiger partial charge in [0, 0.05) is 6.54 Å². The summed E-state index contributed by atoms with van der Waals surface area (Å²) in [6, 6.07) is -0.742. The van der Waals surface area contributed by atoms with E-state index in [1.165, 1.54) is 0 Å². The summed E-state index contributed by atoms with van der Waals surface area (Å²) < 4.78 is 0. The van der Waals surface area contributed by atoms with E-state index in [0.29, 0.717) is 19.4 Å². The lowest BCUT2D eigenvalue weighted by molar-refractivity contribution is -0.138. The molecule has 0 aliphatic rings. The van der Waals surface area contributed by atoms with Crippen LogP contribution in [0.4, 0.5) is 0 Å². The van der Waals surface area contributed by atoms with Crippen molar-refractivity contribution < 1.29 is 14.7 Å². The normalized spacial score (nSPS) is 10.9. The van der Waals surface area contributed by atoms with E-state index in [9.17, 15) is 9.59 Å². The highest BCUT2D eigenvalue weighted by molar-refractivity contribution is 5.85. The topological polar surface area (TPSA) is 157 Å². The summed E-state index contributed by atoms with van der Waals surface area (Å²) in [6.07, 6.45) is 0.946. The second kappa shape index (κ2) is 9.67. The van der Waals surface area contributed by atoms with E-state index in [4.69, 9.17) is 22.3 Å². The monoisotopic (exact) mass is 267 g/mol. The predicted molar refractivity (Wildman–Crippen MR) is 65.8 cm³/mol. The molecule has 0 aromatic heterocycles. The summed E-state index contributed by atoms with van der Waals surface area (Å²) in [5, 5.41) is 10.5. The quantitative estimate of drug-likeness (QED) is 0.204. The van der Waals surface area contributed by atoms with Crippen molar-refractivity contribution in [3.63, 3.8) is 0 Å². The molecule has 0 aliphatic heterocycles. The van der Waals surface area contributed by atoms with E-state index in [1.54, 1.807) is 0 Å². The average molecular weight is 268 g/mol. The van der Waals surface area contributed by atoms with Gasteiger partial charge in [0.15, 0.2) is 5.96 Å². The van der Waals surface area contributed by atoms with Gasteiger partial charge in [-0.05, 0) is 12.8 Å². The molecule has 0 radical (unpaired) electrons. The fourth-order valence-electron chi connectivity index (χ4n) is 0.944. The van der Waals surface area contributed by atoms with Gasteiger partial charge in [0.2, 0.25) is 5.91 Å². The predicted octanol–water partition coefficient (Wildman–Crippen LogP) is -2.01. The third kappa shape index (κ3) is 10.7. The van der Waals surface area contributed by atoms with E-state index in [0.717, 1.165) is 0 Å². The van der Waals surface area contributed by atoms with Gasteiger partial charge in [-0.1, -0.05) is 0 Å². The highest BCUT2D eigenvalue weighted by Gasteiger charge is 2.13. The molecule has 8 nitrogen and oxygen atoms in total. The number of guanidine groups is 1. The number of aliphatic imine (C=N–C) groups is 1. The summed E-state index contributed by atoms with van der Waals surface area (Å²) in [6.45, 7) is -0.0390. The van der Waals surface area contributed by atoms with E-state index < -0.39 is 24.5 Å².